The van der Waals surface area contributed by atoms with Crippen LogP contribution >= 0.6 is 11.8 Å². The molecule has 1 aromatic carbocycles. The van der Waals surface area contributed by atoms with Gasteiger partial charge in [0, 0.05) is 10.6 Å². The lowest BCUT2D eigenvalue weighted by molar-refractivity contribution is -0.148. The highest BCUT2D eigenvalue weighted by Crippen LogP contribution is 2.24. The number of aliphatic carboxylic acids is 1. The van der Waals surface area contributed by atoms with Crippen molar-refractivity contribution < 1.29 is 14.3 Å². The predicted octanol–water partition coefficient (Wildman–Crippen LogP) is 2.59. The van der Waals surface area contributed by atoms with E-state index in [0.29, 0.717) is 0 Å². The Balaban J connectivity index is 2.53. The molecule has 0 unspecified atom stereocenters. The molecule has 1 N–H and O–H groups in total. The molecule has 0 radical (unpaired) electrons. The molecule has 1 atom stereocenters. The largest absolute Gasteiger partial charge is 0.479 e. The number of carboxylic acid groups (broad SMARTS) is 1. The number of rotatable bonds is 4. The van der Waals surface area contributed by atoms with Gasteiger partial charge in [0.15, 0.2) is 0 Å². The minimum absolute atomic E-state index is 0.0770. The van der Waals surface area contributed by atoms with Crippen LogP contribution in [-0.2, 0) is 4.79 Å². The summed E-state index contributed by atoms with van der Waals surface area (Å²) in [4.78, 5) is 11.3. The highest BCUT2D eigenvalue weighted by molar-refractivity contribution is 7.99. The number of hydrogen-bond acceptors (Lipinski definition) is 2. The topological polar surface area (TPSA) is 37.3 Å². The van der Waals surface area contributed by atoms with E-state index in [1.807, 2.05) is 30.3 Å². The van der Waals surface area contributed by atoms with Gasteiger partial charge in [-0.1, -0.05) is 18.2 Å². The SMILES string of the molecule is C[C@](F)(CSc1ccccc1)C(=O)O. The highest BCUT2D eigenvalue weighted by Gasteiger charge is 2.32. The van der Waals surface area contributed by atoms with Crippen LogP contribution in [0.3, 0.4) is 0 Å². The van der Waals surface area contributed by atoms with Gasteiger partial charge < -0.3 is 5.11 Å². The Labute approximate surface area is 86.1 Å². The van der Waals surface area contributed by atoms with Crippen molar-refractivity contribution in [3.8, 4) is 0 Å². The molecule has 0 aliphatic carbocycles. The van der Waals surface area contributed by atoms with E-state index in [1.54, 1.807) is 0 Å². The minimum atomic E-state index is -2.17. The maximum absolute atomic E-state index is 13.3. The van der Waals surface area contributed by atoms with Crippen LogP contribution in [0.2, 0.25) is 0 Å². The van der Waals surface area contributed by atoms with Gasteiger partial charge in [0.05, 0.1) is 0 Å². The molecule has 76 valence electrons. The lowest BCUT2D eigenvalue weighted by Crippen LogP contribution is -2.32. The van der Waals surface area contributed by atoms with Gasteiger partial charge in [-0.15, -0.1) is 11.8 Å². The zero-order valence-corrected chi connectivity index (χ0v) is 8.55. The van der Waals surface area contributed by atoms with Gasteiger partial charge in [-0.05, 0) is 19.1 Å². The van der Waals surface area contributed by atoms with Gasteiger partial charge in [0.2, 0.25) is 5.67 Å². The highest BCUT2D eigenvalue weighted by atomic mass is 32.2. The lowest BCUT2D eigenvalue weighted by Gasteiger charge is -2.13. The third kappa shape index (κ3) is 3.03. The summed E-state index contributed by atoms with van der Waals surface area (Å²) in [6.07, 6.45) is 0. The number of alkyl halides is 1. The summed E-state index contributed by atoms with van der Waals surface area (Å²) < 4.78 is 13.3. The number of halogens is 1. The molecule has 14 heavy (non-hydrogen) atoms. The molecule has 2 nitrogen and oxygen atoms in total. The monoisotopic (exact) mass is 214 g/mol. The molecule has 1 rings (SSSR count). The molecule has 0 spiro atoms. The van der Waals surface area contributed by atoms with Gasteiger partial charge in [-0.2, -0.15) is 0 Å². The molecular weight excluding hydrogens is 203 g/mol. The average molecular weight is 214 g/mol. The molecule has 0 heterocycles. The maximum atomic E-state index is 13.3. The molecule has 0 fully saturated rings. The van der Waals surface area contributed by atoms with E-state index in [1.165, 1.54) is 11.8 Å². The fourth-order valence-electron chi connectivity index (χ4n) is 0.797. The second-order valence-corrected chi connectivity index (χ2v) is 4.15. The minimum Gasteiger partial charge on any atom is -0.479 e. The van der Waals surface area contributed by atoms with Crippen LogP contribution in [0.5, 0.6) is 0 Å². The van der Waals surface area contributed by atoms with E-state index in [9.17, 15) is 9.18 Å². The fraction of sp³-hybridized carbons (Fsp3) is 0.300. The van der Waals surface area contributed by atoms with Crippen LogP contribution in [0, 0.1) is 0 Å². The van der Waals surface area contributed by atoms with E-state index < -0.39 is 11.6 Å². The van der Waals surface area contributed by atoms with Gasteiger partial charge in [-0.3, -0.25) is 0 Å². The molecule has 0 aromatic heterocycles. The molecule has 1 aromatic rings. The predicted molar refractivity (Wildman–Crippen MR) is 54.3 cm³/mol. The van der Waals surface area contributed by atoms with Gasteiger partial charge in [-0.25, -0.2) is 9.18 Å². The van der Waals surface area contributed by atoms with Gasteiger partial charge in [0.1, 0.15) is 0 Å². The Kier molecular flexibility index (Phi) is 3.52. The standard InChI is InChI=1S/C10H11FO2S/c1-10(11,9(12)13)7-14-8-5-3-2-4-6-8/h2-6H,7H2,1H3,(H,12,13)/t10-/m0/s1. The Bertz CT molecular complexity index is 311. The quantitative estimate of drug-likeness (QED) is 0.783. The maximum Gasteiger partial charge on any atom is 0.342 e. The number of carboxylic acids is 1. The fourth-order valence-corrected chi connectivity index (χ4v) is 1.71. The van der Waals surface area contributed by atoms with Crippen LogP contribution in [0.1, 0.15) is 6.92 Å². The Hall–Kier alpha value is -1.03. The summed E-state index contributed by atoms with van der Waals surface area (Å²) in [5.74, 6) is -1.49. The summed E-state index contributed by atoms with van der Waals surface area (Å²) in [5.41, 5.74) is -2.17. The van der Waals surface area contributed by atoms with Gasteiger partial charge in [0.25, 0.3) is 0 Å². The second kappa shape index (κ2) is 4.46. The summed E-state index contributed by atoms with van der Waals surface area (Å²) >= 11 is 1.20. The molecule has 0 saturated carbocycles. The normalized spacial score (nSPS) is 14.7. The van der Waals surface area contributed by atoms with Crippen molar-refractivity contribution in [1.82, 2.24) is 0 Å². The zero-order chi connectivity index (χ0) is 10.6. The third-order valence-electron chi connectivity index (χ3n) is 1.70. The first kappa shape index (κ1) is 11.0. The van der Waals surface area contributed by atoms with E-state index in [4.69, 9.17) is 5.11 Å². The molecule has 4 heteroatoms. The molecule has 0 saturated heterocycles. The van der Waals surface area contributed by atoms with Crippen molar-refractivity contribution in [2.75, 3.05) is 5.75 Å². The smallest absolute Gasteiger partial charge is 0.342 e. The van der Waals surface area contributed by atoms with Crippen LogP contribution in [0.25, 0.3) is 0 Å². The first-order chi connectivity index (χ1) is 6.52. The number of thioether (sulfide) groups is 1. The Morgan fingerprint density at radius 1 is 1.50 bits per heavy atom. The summed E-state index contributed by atoms with van der Waals surface area (Å²) in [6.45, 7) is 1.07. The number of benzene rings is 1. The molecule has 0 bridgehead atoms. The van der Waals surface area contributed by atoms with Gasteiger partial charge >= 0.3 is 5.97 Å². The van der Waals surface area contributed by atoms with Crippen LogP contribution in [0.15, 0.2) is 35.2 Å². The summed E-state index contributed by atoms with van der Waals surface area (Å²) in [6, 6.07) is 9.17. The van der Waals surface area contributed by atoms with Crippen molar-refractivity contribution in [3.05, 3.63) is 30.3 Å². The first-order valence-electron chi connectivity index (χ1n) is 4.12. The van der Waals surface area contributed by atoms with E-state index in [0.717, 1.165) is 11.8 Å². The van der Waals surface area contributed by atoms with Crippen LogP contribution in [0.4, 0.5) is 4.39 Å². The lowest BCUT2D eigenvalue weighted by atomic mass is 10.2. The molecular formula is C10H11FO2S. The molecule has 0 aliphatic heterocycles. The van der Waals surface area contributed by atoms with Crippen LogP contribution in [-0.4, -0.2) is 22.5 Å². The second-order valence-electron chi connectivity index (χ2n) is 3.10. The van der Waals surface area contributed by atoms with E-state index in [-0.39, 0.29) is 5.75 Å². The van der Waals surface area contributed by atoms with Crippen molar-refractivity contribution in [1.29, 1.82) is 0 Å². The van der Waals surface area contributed by atoms with Crippen LogP contribution < -0.4 is 0 Å². The third-order valence-corrected chi connectivity index (χ3v) is 2.99. The molecule has 0 aliphatic rings. The Morgan fingerprint density at radius 3 is 2.57 bits per heavy atom. The summed E-state index contributed by atoms with van der Waals surface area (Å²) in [7, 11) is 0. The van der Waals surface area contributed by atoms with Crippen molar-refractivity contribution in [3.63, 3.8) is 0 Å². The summed E-state index contributed by atoms with van der Waals surface area (Å²) in [5, 5.41) is 8.53. The van der Waals surface area contributed by atoms with E-state index >= 15 is 0 Å². The first-order valence-corrected chi connectivity index (χ1v) is 5.11. The number of carbonyl (C=O) groups is 1. The van der Waals surface area contributed by atoms with E-state index in [2.05, 4.69) is 0 Å². The zero-order valence-electron chi connectivity index (χ0n) is 7.74. The van der Waals surface area contributed by atoms with Crippen molar-refractivity contribution in [2.24, 2.45) is 0 Å². The van der Waals surface area contributed by atoms with Crippen molar-refractivity contribution in [2.45, 2.75) is 17.5 Å². The Morgan fingerprint density at radius 2 is 2.07 bits per heavy atom. The number of hydrogen-bond donors (Lipinski definition) is 1. The van der Waals surface area contributed by atoms with Crippen molar-refractivity contribution >= 4 is 17.7 Å². The average Bonchev–Trinajstić information content (AvgIpc) is 2.16. The molecule has 0 amide bonds.